The highest BCUT2D eigenvalue weighted by molar-refractivity contribution is 6.34. The third kappa shape index (κ3) is 5.49. The molecule has 2 bridgehead atoms. The van der Waals surface area contributed by atoms with Crippen molar-refractivity contribution < 1.29 is 19.4 Å². The average Bonchev–Trinajstić information content (AvgIpc) is 3.68. The van der Waals surface area contributed by atoms with Crippen molar-refractivity contribution in [2.45, 2.75) is 45.2 Å². The Labute approximate surface area is 249 Å². The first-order valence-electron chi connectivity index (χ1n) is 14.3. The highest BCUT2D eigenvalue weighted by Crippen LogP contribution is 2.46. The van der Waals surface area contributed by atoms with Crippen LogP contribution in [-0.4, -0.2) is 85.9 Å². The molecule has 6 rings (SSSR count). The van der Waals surface area contributed by atoms with Crippen LogP contribution >= 0.6 is 11.6 Å². The molecule has 42 heavy (non-hydrogen) atoms. The molecule has 3 aromatic rings. The summed E-state index contributed by atoms with van der Waals surface area (Å²) in [6, 6.07) is 7.12. The topological polar surface area (TPSA) is 150 Å². The molecular weight excluding hydrogens is 558 g/mol. The van der Waals surface area contributed by atoms with Crippen LogP contribution in [0.1, 0.15) is 37.6 Å². The van der Waals surface area contributed by atoms with E-state index in [2.05, 4.69) is 27.4 Å². The van der Waals surface area contributed by atoms with E-state index in [0.717, 1.165) is 12.0 Å². The second-order valence-corrected chi connectivity index (χ2v) is 12.7. The molecule has 5 N–H and O–H groups in total. The number of benzene rings is 1. The van der Waals surface area contributed by atoms with Crippen molar-refractivity contribution in [1.82, 2.24) is 24.8 Å². The highest BCUT2D eigenvalue weighted by Gasteiger charge is 2.47. The van der Waals surface area contributed by atoms with Gasteiger partial charge in [0.25, 0.3) is 5.91 Å². The number of H-pyrrole nitrogens is 1. The summed E-state index contributed by atoms with van der Waals surface area (Å²) < 4.78 is 5.65. The number of allylic oxidation sites excluding steroid dienone is 1. The number of aromatic amines is 1. The van der Waals surface area contributed by atoms with Crippen LogP contribution in [0.25, 0.3) is 22.6 Å². The lowest BCUT2D eigenvalue weighted by atomic mass is 9.88. The summed E-state index contributed by atoms with van der Waals surface area (Å²) in [5, 5.41) is 14.3. The molecule has 2 amide bonds. The van der Waals surface area contributed by atoms with Gasteiger partial charge in [-0.2, -0.15) is 0 Å². The Kier molecular flexibility index (Phi) is 7.46. The fourth-order valence-electron chi connectivity index (χ4n) is 6.30. The zero-order valence-electron chi connectivity index (χ0n) is 23.9. The predicted octanol–water partition coefficient (Wildman–Crippen LogP) is 3.22. The monoisotopic (exact) mass is 593 g/mol. The number of ether oxygens (including phenoxy) is 1. The standard InChI is InChI=1S/C30H36ClN7O4/c1-30(2,3)42-29(41)38-11-9-37(10-12-38)28(40)19-6-4-5-18(14-19)26-35-24-23(20(31)15-33-27(24)36-26)34-22-17-8-7-16(13-17)21(22)25(32)39/h4-8,14-17,21-22,29,41H,9-13H2,1-3H3,(H2,32,39)(H2,33,34,35,36)/t16-,17+,21+,22-,29?/m1/s1. The van der Waals surface area contributed by atoms with Crippen molar-refractivity contribution in [3.8, 4) is 11.4 Å². The molecule has 0 spiro atoms. The third-order valence-electron chi connectivity index (χ3n) is 8.32. The molecule has 1 saturated heterocycles. The van der Waals surface area contributed by atoms with Gasteiger partial charge in [-0.05, 0) is 51.2 Å². The number of hydrogen-bond acceptors (Lipinski definition) is 8. The second kappa shape index (κ2) is 11.0. The zero-order valence-corrected chi connectivity index (χ0v) is 24.6. The van der Waals surface area contributed by atoms with Gasteiger partial charge in [0.1, 0.15) is 11.3 Å². The van der Waals surface area contributed by atoms with Gasteiger partial charge in [-0.1, -0.05) is 35.9 Å². The van der Waals surface area contributed by atoms with Crippen LogP contribution in [0.3, 0.4) is 0 Å². The molecular formula is C30H36ClN7O4. The number of carbonyl (C=O) groups excluding carboxylic acids is 2. The van der Waals surface area contributed by atoms with E-state index < -0.39 is 12.0 Å². The number of nitrogens with zero attached hydrogens (tertiary/aromatic N) is 4. The highest BCUT2D eigenvalue weighted by atomic mass is 35.5. The molecule has 2 fully saturated rings. The number of aliphatic hydroxyl groups excluding tert-OH is 1. The number of aliphatic hydroxyl groups is 1. The van der Waals surface area contributed by atoms with Crippen molar-refractivity contribution in [2.75, 3.05) is 31.5 Å². The minimum atomic E-state index is -1.01. The molecule has 12 heteroatoms. The van der Waals surface area contributed by atoms with Crippen molar-refractivity contribution in [3.05, 3.63) is 53.2 Å². The van der Waals surface area contributed by atoms with E-state index in [1.807, 2.05) is 43.9 Å². The number of imidazole rings is 1. The minimum Gasteiger partial charge on any atom is -0.378 e. The molecule has 1 aromatic carbocycles. The molecule has 0 radical (unpaired) electrons. The van der Waals surface area contributed by atoms with Crippen LogP contribution in [-0.2, 0) is 9.53 Å². The number of primary amides is 1. The van der Waals surface area contributed by atoms with Gasteiger partial charge in [-0.3, -0.25) is 14.5 Å². The number of nitrogens with one attached hydrogen (secondary N) is 2. The van der Waals surface area contributed by atoms with E-state index in [9.17, 15) is 14.7 Å². The number of anilines is 1. The maximum absolute atomic E-state index is 13.4. The molecule has 2 aliphatic carbocycles. The van der Waals surface area contributed by atoms with Crippen molar-refractivity contribution >= 4 is 40.3 Å². The summed E-state index contributed by atoms with van der Waals surface area (Å²) >= 11 is 6.59. The molecule has 1 unspecified atom stereocenters. The number of nitrogens with two attached hydrogens (primary N) is 1. The fourth-order valence-corrected chi connectivity index (χ4v) is 6.49. The Bertz CT molecular complexity index is 1540. The number of fused-ring (bicyclic) bond motifs is 3. The van der Waals surface area contributed by atoms with Gasteiger partial charge in [-0.25, -0.2) is 9.97 Å². The van der Waals surface area contributed by atoms with E-state index >= 15 is 0 Å². The zero-order chi connectivity index (χ0) is 29.8. The van der Waals surface area contributed by atoms with Gasteiger partial charge < -0.3 is 30.8 Å². The lowest BCUT2D eigenvalue weighted by Gasteiger charge is -2.38. The van der Waals surface area contributed by atoms with Gasteiger partial charge in [0, 0.05) is 43.3 Å². The first kappa shape index (κ1) is 28.6. The van der Waals surface area contributed by atoms with Crippen LogP contribution in [0.5, 0.6) is 0 Å². The normalized spacial score (nSPS) is 24.8. The fraction of sp³-hybridized carbons (Fsp3) is 0.467. The number of hydrogen-bond donors (Lipinski definition) is 4. The van der Waals surface area contributed by atoms with Gasteiger partial charge in [-0.15, -0.1) is 0 Å². The number of carbonyl (C=O) groups is 2. The number of piperazine rings is 1. The van der Waals surface area contributed by atoms with E-state index in [-0.39, 0.29) is 35.6 Å². The lowest BCUT2D eigenvalue weighted by molar-refractivity contribution is -0.243. The number of aromatic nitrogens is 3. The van der Waals surface area contributed by atoms with E-state index in [1.54, 1.807) is 17.2 Å². The van der Waals surface area contributed by atoms with Crippen LogP contribution in [0.2, 0.25) is 5.02 Å². The van der Waals surface area contributed by atoms with E-state index in [4.69, 9.17) is 27.1 Å². The summed E-state index contributed by atoms with van der Waals surface area (Å²) in [5.74, 6) is 0.112. The Balaban J connectivity index is 1.20. The first-order valence-corrected chi connectivity index (χ1v) is 14.6. The molecule has 3 aliphatic rings. The lowest BCUT2D eigenvalue weighted by Crippen LogP contribution is -2.53. The number of amides is 2. The molecule has 1 saturated carbocycles. The van der Waals surface area contributed by atoms with Crippen LogP contribution in [0.4, 0.5) is 5.69 Å². The van der Waals surface area contributed by atoms with Gasteiger partial charge in [0.15, 0.2) is 5.65 Å². The number of halogens is 1. The maximum atomic E-state index is 13.4. The van der Waals surface area contributed by atoms with Gasteiger partial charge >= 0.3 is 0 Å². The van der Waals surface area contributed by atoms with Crippen molar-refractivity contribution in [1.29, 1.82) is 0 Å². The van der Waals surface area contributed by atoms with Gasteiger partial charge in [0.2, 0.25) is 12.3 Å². The van der Waals surface area contributed by atoms with E-state index in [1.165, 1.54) is 0 Å². The Morgan fingerprint density at radius 3 is 2.64 bits per heavy atom. The summed E-state index contributed by atoms with van der Waals surface area (Å²) in [6.45, 7) is 7.63. The molecule has 11 nitrogen and oxygen atoms in total. The first-order chi connectivity index (χ1) is 20.0. The van der Waals surface area contributed by atoms with Crippen LogP contribution in [0, 0.1) is 17.8 Å². The van der Waals surface area contributed by atoms with Crippen molar-refractivity contribution in [2.24, 2.45) is 23.5 Å². The summed E-state index contributed by atoms with van der Waals surface area (Å²) in [7, 11) is 0. The summed E-state index contributed by atoms with van der Waals surface area (Å²) in [6.07, 6.45) is 5.63. The molecule has 3 heterocycles. The van der Waals surface area contributed by atoms with Crippen LogP contribution < -0.4 is 11.1 Å². The largest absolute Gasteiger partial charge is 0.378 e. The Hall–Kier alpha value is -3.51. The Morgan fingerprint density at radius 1 is 1.19 bits per heavy atom. The maximum Gasteiger partial charge on any atom is 0.253 e. The third-order valence-corrected chi connectivity index (χ3v) is 8.61. The SMILES string of the molecule is CC(C)(C)OC(O)N1CCN(C(=O)c2cccc(-c3nc4c(N[C@H]5[C@@H](C(N)=O)[C@@H]6C=C[C@H]5C6)c(Cl)cnc4[nH]3)c2)CC1. The summed E-state index contributed by atoms with van der Waals surface area (Å²) in [5.41, 5.74) is 8.25. The average molecular weight is 594 g/mol. The molecule has 1 aliphatic heterocycles. The van der Waals surface area contributed by atoms with E-state index in [0.29, 0.717) is 59.4 Å². The van der Waals surface area contributed by atoms with Crippen LogP contribution in [0.15, 0.2) is 42.6 Å². The molecule has 2 aromatic heterocycles. The summed E-state index contributed by atoms with van der Waals surface area (Å²) in [4.78, 5) is 41.8. The van der Waals surface area contributed by atoms with Gasteiger partial charge in [0.05, 0.1) is 28.4 Å². The number of rotatable bonds is 7. The smallest absolute Gasteiger partial charge is 0.253 e. The minimum absolute atomic E-state index is 0.0933. The quantitative estimate of drug-likeness (QED) is 0.241. The molecule has 5 atom stereocenters. The molecule has 222 valence electrons. The van der Waals surface area contributed by atoms with Crippen molar-refractivity contribution in [3.63, 3.8) is 0 Å². The predicted molar refractivity (Wildman–Crippen MR) is 159 cm³/mol. The second-order valence-electron chi connectivity index (χ2n) is 12.3. The Morgan fingerprint density at radius 2 is 1.93 bits per heavy atom. The number of pyridine rings is 1.